The van der Waals surface area contributed by atoms with Gasteiger partial charge >= 0.3 is 0 Å². The topological polar surface area (TPSA) is 76.1 Å². The molecule has 0 saturated heterocycles. The van der Waals surface area contributed by atoms with Crippen molar-refractivity contribution in [1.29, 1.82) is 0 Å². The van der Waals surface area contributed by atoms with E-state index in [4.69, 9.17) is 5.73 Å². The van der Waals surface area contributed by atoms with Crippen LogP contribution in [-0.2, 0) is 7.05 Å². The number of nitrogen functional groups attached to an aromatic ring is 1. The zero-order valence-electron chi connectivity index (χ0n) is 11.4. The standard InChI is InChI=1S/C12H24N4O/c1-7(2)9(6-17)14-12-10(13)11(8(3)4)15-16(12)5/h7-9,14,17H,6,13H2,1-5H3/t9-/m1/s1. The van der Waals surface area contributed by atoms with Crippen molar-refractivity contribution in [3.05, 3.63) is 5.69 Å². The van der Waals surface area contributed by atoms with E-state index in [-0.39, 0.29) is 12.6 Å². The molecule has 0 aromatic carbocycles. The van der Waals surface area contributed by atoms with Crippen molar-refractivity contribution in [2.75, 3.05) is 17.7 Å². The van der Waals surface area contributed by atoms with Crippen LogP contribution in [0, 0.1) is 5.92 Å². The van der Waals surface area contributed by atoms with Crippen LogP contribution in [0.25, 0.3) is 0 Å². The van der Waals surface area contributed by atoms with Crippen molar-refractivity contribution in [2.24, 2.45) is 13.0 Å². The molecule has 1 rings (SSSR count). The van der Waals surface area contributed by atoms with Gasteiger partial charge in [0.2, 0.25) is 0 Å². The van der Waals surface area contributed by atoms with Gasteiger partial charge in [0.15, 0.2) is 0 Å². The molecule has 5 heteroatoms. The molecule has 4 N–H and O–H groups in total. The molecule has 1 atom stereocenters. The Labute approximate surface area is 103 Å². The van der Waals surface area contributed by atoms with Crippen LogP contribution in [0.3, 0.4) is 0 Å². The fraction of sp³-hybridized carbons (Fsp3) is 0.750. The van der Waals surface area contributed by atoms with Crippen molar-refractivity contribution in [3.63, 3.8) is 0 Å². The smallest absolute Gasteiger partial charge is 0.148 e. The van der Waals surface area contributed by atoms with Crippen LogP contribution >= 0.6 is 0 Å². The maximum absolute atomic E-state index is 9.32. The van der Waals surface area contributed by atoms with Gasteiger partial charge in [-0.3, -0.25) is 4.68 Å². The molecule has 0 aliphatic heterocycles. The number of nitrogens with two attached hydrogens (primary N) is 1. The molecule has 0 spiro atoms. The summed E-state index contributed by atoms with van der Waals surface area (Å²) in [6.07, 6.45) is 0. The maximum atomic E-state index is 9.32. The van der Waals surface area contributed by atoms with Crippen molar-refractivity contribution in [1.82, 2.24) is 9.78 Å². The van der Waals surface area contributed by atoms with E-state index in [1.54, 1.807) is 4.68 Å². The highest BCUT2D eigenvalue weighted by atomic mass is 16.3. The third kappa shape index (κ3) is 2.91. The molecule has 1 aromatic heterocycles. The van der Waals surface area contributed by atoms with Gasteiger partial charge in [-0.25, -0.2) is 0 Å². The van der Waals surface area contributed by atoms with Crippen LogP contribution in [0.15, 0.2) is 0 Å². The number of hydrogen-bond donors (Lipinski definition) is 3. The summed E-state index contributed by atoms with van der Waals surface area (Å²) >= 11 is 0. The lowest BCUT2D eigenvalue weighted by Crippen LogP contribution is -2.30. The van der Waals surface area contributed by atoms with Crippen molar-refractivity contribution in [3.8, 4) is 0 Å². The van der Waals surface area contributed by atoms with Gasteiger partial charge in [0.1, 0.15) is 5.82 Å². The molecule has 1 heterocycles. The summed E-state index contributed by atoms with van der Waals surface area (Å²) in [5.41, 5.74) is 7.66. The first-order valence-corrected chi connectivity index (χ1v) is 6.08. The average Bonchev–Trinajstić information content (AvgIpc) is 2.51. The fourth-order valence-electron chi connectivity index (χ4n) is 1.76. The molecule has 0 bridgehead atoms. The highest BCUT2D eigenvalue weighted by molar-refractivity contribution is 5.66. The summed E-state index contributed by atoms with van der Waals surface area (Å²) in [6.45, 7) is 8.33. The van der Waals surface area contributed by atoms with Gasteiger partial charge in [-0.15, -0.1) is 0 Å². The van der Waals surface area contributed by atoms with Crippen LogP contribution in [0.2, 0.25) is 0 Å². The lowest BCUT2D eigenvalue weighted by Gasteiger charge is -2.21. The van der Waals surface area contributed by atoms with Gasteiger partial charge in [0.05, 0.1) is 24.0 Å². The molecule has 0 unspecified atom stereocenters. The molecule has 0 radical (unpaired) electrons. The first kappa shape index (κ1) is 13.8. The summed E-state index contributed by atoms with van der Waals surface area (Å²) in [7, 11) is 1.86. The molecule has 5 nitrogen and oxygen atoms in total. The van der Waals surface area contributed by atoms with E-state index in [1.807, 2.05) is 7.05 Å². The summed E-state index contributed by atoms with van der Waals surface area (Å²) in [6, 6.07) is -0.00675. The van der Waals surface area contributed by atoms with Gasteiger partial charge < -0.3 is 16.2 Å². The number of nitrogens with zero attached hydrogens (tertiary/aromatic N) is 2. The normalized spacial score (nSPS) is 13.4. The molecule has 98 valence electrons. The summed E-state index contributed by atoms with van der Waals surface area (Å²) in [5.74, 6) is 1.42. The van der Waals surface area contributed by atoms with Gasteiger partial charge in [-0.1, -0.05) is 27.7 Å². The SMILES string of the molecule is CC(C)c1nn(C)c(N[C@H](CO)C(C)C)c1N. The Kier molecular flexibility index (Phi) is 4.40. The van der Waals surface area contributed by atoms with Gasteiger partial charge in [0.25, 0.3) is 0 Å². The lowest BCUT2D eigenvalue weighted by atomic mass is 10.1. The average molecular weight is 240 g/mol. The molecule has 17 heavy (non-hydrogen) atoms. The van der Waals surface area contributed by atoms with Gasteiger partial charge in [-0.2, -0.15) is 5.10 Å². The van der Waals surface area contributed by atoms with Crippen molar-refractivity contribution in [2.45, 2.75) is 39.7 Å². The molecule has 0 aliphatic carbocycles. The quantitative estimate of drug-likeness (QED) is 0.730. The van der Waals surface area contributed by atoms with Crippen LogP contribution < -0.4 is 11.1 Å². The van der Waals surface area contributed by atoms with E-state index >= 15 is 0 Å². The van der Waals surface area contributed by atoms with Gasteiger partial charge in [0, 0.05) is 7.05 Å². The number of anilines is 2. The molecule has 0 amide bonds. The fourth-order valence-corrected chi connectivity index (χ4v) is 1.76. The summed E-state index contributed by atoms with van der Waals surface area (Å²) in [4.78, 5) is 0. The summed E-state index contributed by atoms with van der Waals surface area (Å²) in [5, 5.41) is 17.0. The number of aryl methyl sites for hydroxylation is 1. The van der Waals surface area contributed by atoms with E-state index in [1.165, 1.54) is 0 Å². The second-order valence-corrected chi connectivity index (χ2v) is 5.10. The van der Waals surface area contributed by atoms with Crippen LogP contribution in [-0.4, -0.2) is 27.5 Å². The predicted octanol–water partition coefficient (Wildman–Crippen LogP) is 1.55. The monoisotopic (exact) mass is 240 g/mol. The minimum absolute atomic E-state index is 0.00675. The van der Waals surface area contributed by atoms with E-state index in [0.29, 0.717) is 17.5 Å². The first-order chi connectivity index (χ1) is 7.88. The zero-order chi connectivity index (χ0) is 13.2. The van der Waals surface area contributed by atoms with Gasteiger partial charge in [-0.05, 0) is 11.8 Å². The molecule has 0 fully saturated rings. The Bertz CT molecular complexity index is 371. The second kappa shape index (κ2) is 5.40. The molecule has 0 saturated carbocycles. The number of aromatic nitrogens is 2. The van der Waals surface area contributed by atoms with Crippen LogP contribution in [0.1, 0.15) is 39.3 Å². The first-order valence-electron chi connectivity index (χ1n) is 6.08. The van der Waals surface area contributed by atoms with E-state index in [2.05, 4.69) is 38.1 Å². The Hall–Kier alpha value is -1.23. The number of aliphatic hydroxyl groups excluding tert-OH is 1. The lowest BCUT2D eigenvalue weighted by molar-refractivity contribution is 0.248. The predicted molar refractivity (Wildman–Crippen MR) is 71.0 cm³/mol. The third-order valence-electron chi connectivity index (χ3n) is 2.98. The Morgan fingerprint density at radius 3 is 2.29 bits per heavy atom. The summed E-state index contributed by atoms with van der Waals surface area (Å²) < 4.78 is 1.75. The van der Waals surface area contributed by atoms with E-state index in [9.17, 15) is 5.11 Å². The van der Waals surface area contributed by atoms with Crippen molar-refractivity contribution >= 4 is 11.5 Å². The number of hydrogen-bond acceptors (Lipinski definition) is 4. The minimum Gasteiger partial charge on any atom is -0.394 e. The van der Waals surface area contributed by atoms with Crippen LogP contribution in [0.5, 0.6) is 0 Å². The van der Waals surface area contributed by atoms with E-state index in [0.717, 1.165) is 11.5 Å². The largest absolute Gasteiger partial charge is 0.394 e. The third-order valence-corrected chi connectivity index (χ3v) is 2.98. The van der Waals surface area contributed by atoms with E-state index < -0.39 is 0 Å². The minimum atomic E-state index is -0.00675. The number of aliphatic hydroxyl groups is 1. The molecule has 1 aromatic rings. The molecule has 0 aliphatic rings. The Morgan fingerprint density at radius 2 is 1.94 bits per heavy atom. The number of nitrogens with one attached hydrogen (secondary N) is 1. The second-order valence-electron chi connectivity index (χ2n) is 5.10. The molecular formula is C12H24N4O. The highest BCUT2D eigenvalue weighted by Gasteiger charge is 2.19. The Balaban J connectivity index is 2.98. The molecular weight excluding hydrogens is 216 g/mol. The highest BCUT2D eigenvalue weighted by Crippen LogP contribution is 2.28. The number of rotatable bonds is 5. The zero-order valence-corrected chi connectivity index (χ0v) is 11.4. The maximum Gasteiger partial charge on any atom is 0.148 e. The van der Waals surface area contributed by atoms with Crippen molar-refractivity contribution < 1.29 is 5.11 Å². The Morgan fingerprint density at radius 1 is 1.35 bits per heavy atom. The van der Waals surface area contributed by atoms with Crippen LogP contribution in [0.4, 0.5) is 11.5 Å².